The van der Waals surface area contributed by atoms with E-state index in [0.717, 1.165) is 5.56 Å². The van der Waals surface area contributed by atoms with Crippen LogP contribution in [0.15, 0.2) is 91.3 Å². The van der Waals surface area contributed by atoms with E-state index < -0.39 is 17.7 Å². The second-order valence-electron chi connectivity index (χ2n) is 7.69. The molecule has 0 radical (unpaired) electrons. The van der Waals surface area contributed by atoms with Crippen LogP contribution in [0.2, 0.25) is 0 Å². The summed E-state index contributed by atoms with van der Waals surface area (Å²) in [5.74, 6) is -0.524. The predicted octanol–water partition coefficient (Wildman–Crippen LogP) is 4.28. The molecule has 3 aromatic rings. The van der Waals surface area contributed by atoms with Crippen LogP contribution in [0.4, 0.5) is 0 Å². The van der Waals surface area contributed by atoms with Crippen molar-refractivity contribution in [3.8, 4) is 11.5 Å². The van der Waals surface area contributed by atoms with Crippen LogP contribution in [0.5, 0.6) is 11.5 Å². The standard InChI is InChI=1S/C27H24N2O5/c1-3-14-34-22-8-4-7-20(15-22)24-23(25(30)19-9-11-21(33-2)12-10-19)26(31)27(32)29(24)17-18-6-5-13-28-16-18/h3-13,15-16,24,30H,1,14,17H2,2H3/t24-/m0/s1. The van der Waals surface area contributed by atoms with Gasteiger partial charge in [0.05, 0.1) is 18.7 Å². The Balaban J connectivity index is 1.83. The van der Waals surface area contributed by atoms with Crippen LogP contribution in [-0.2, 0) is 16.1 Å². The van der Waals surface area contributed by atoms with Crippen molar-refractivity contribution in [1.82, 2.24) is 9.88 Å². The number of methoxy groups -OCH3 is 1. The van der Waals surface area contributed by atoms with E-state index in [1.54, 1.807) is 80.2 Å². The Morgan fingerprint density at radius 3 is 2.59 bits per heavy atom. The molecule has 0 saturated carbocycles. The highest BCUT2D eigenvalue weighted by atomic mass is 16.5. The molecule has 1 saturated heterocycles. The fraction of sp³-hybridized carbons (Fsp3) is 0.148. The molecule has 4 rings (SSSR count). The Hall–Kier alpha value is -4.39. The van der Waals surface area contributed by atoms with Crippen molar-refractivity contribution < 1.29 is 24.2 Å². The normalized spacial score (nSPS) is 17.0. The SMILES string of the molecule is C=CCOc1cccc([C@H]2C(=C(O)c3ccc(OC)cc3)C(=O)C(=O)N2Cc2cccnc2)c1. The first kappa shape index (κ1) is 22.8. The van der Waals surface area contributed by atoms with Crippen LogP contribution in [0.25, 0.3) is 5.76 Å². The van der Waals surface area contributed by atoms with Gasteiger partial charge in [-0.05, 0) is 53.6 Å². The van der Waals surface area contributed by atoms with Crippen LogP contribution in [-0.4, -0.2) is 40.4 Å². The number of benzene rings is 2. The average molecular weight is 456 g/mol. The van der Waals surface area contributed by atoms with Gasteiger partial charge >= 0.3 is 0 Å². The first-order valence-electron chi connectivity index (χ1n) is 10.7. The number of ketones is 1. The van der Waals surface area contributed by atoms with E-state index in [2.05, 4.69) is 11.6 Å². The fourth-order valence-corrected chi connectivity index (χ4v) is 3.91. The summed E-state index contributed by atoms with van der Waals surface area (Å²) in [5, 5.41) is 11.2. The minimum atomic E-state index is -0.811. The molecule has 2 aromatic carbocycles. The van der Waals surface area contributed by atoms with Gasteiger partial charge in [0.25, 0.3) is 11.7 Å². The molecule has 1 N–H and O–H groups in total. The number of nitrogens with zero attached hydrogens (tertiary/aromatic N) is 2. The van der Waals surface area contributed by atoms with Crippen molar-refractivity contribution in [1.29, 1.82) is 0 Å². The number of hydrogen-bond donors (Lipinski definition) is 1. The van der Waals surface area contributed by atoms with E-state index >= 15 is 0 Å². The Kier molecular flexibility index (Phi) is 6.73. The van der Waals surface area contributed by atoms with Gasteiger partial charge in [-0.25, -0.2) is 0 Å². The molecule has 0 unspecified atom stereocenters. The molecule has 0 spiro atoms. The van der Waals surface area contributed by atoms with E-state index in [1.165, 1.54) is 4.90 Å². The molecule has 7 heteroatoms. The number of pyridine rings is 1. The van der Waals surface area contributed by atoms with Gasteiger partial charge in [-0.3, -0.25) is 14.6 Å². The number of carbonyl (C=O) groups is 2. The van der Waals surface area contributed by atoms with Crippen LogP contribution in [0.1, 0.15) is 22.7 Å². The predicted molar refractivity (Wildman–Crippen MR) is 127 cm³/mol. The smallest absolute Gasteiger partial charge is 0.295 e. The van der Waals surface area contributed by atoms with E-state index in [0.29, 0.717) is 29.2 Å². The number of rotatable bonds is 8. The lowest BCUT2D eigenvalue weighted by atomic mass is 9.95. The second kappa shape index (κ2) is 10.0. The number of hydrogen-bond acceptors (Lipinski definition) is 6. The highest BCUT2D eigenvalue weighted by molar-refractivity contribution is 6.46. The number of aliphatic hydroxyl groups excluding tert-OH is 1. The van der Waals surface area contributed by atoms with Crippen molar-refractivity contribution >= 4 is 17.4 Å². The van der Waals surface area contributed by atoms with Crippen molar-refractivity contribution in [3.05, 3.63) is 108 Å². The minimum Gasteiger partial charge on any atom is -0.507 e. The van der Waals surface area contributed by atoms with Gasteiger partial charge in [0, 0.05) is 24.5 Å². The summed E-state index contributed by atoms with van der Waals surface area (Å²) in [4.78, 5) is 31.9. The molecule has 1 atom stereocenters. The molecule has 1 amide bonds. The molecule has 172 valence electrons. The van der Waals surface area contributed by atoms with Crippen LogP contribution in [0, 0.1) is 0 Å². The van der Waals surface area contributed by atoms with Crippen LogP contribution < -0.4 is 9.47 Å². The topological polar surface area (TPSA) is 89.0 Å². The Morgan fingerprint density at radius 1 is 1.12 bits per heavy atom. The highest BCUT2D eigenvalue weighted by Crippen LogP contribution is 2.41. The molecule has 34 heavy (non-hydrogen) atoms. The van der Waals surface area contributed by atoms with Gasteiger partial charge < -0.3 is 19.5 Å². The number of carbonyl (C=O) groups excluding carboxylic acids is 2. The lowest BCUT2D eigenvalue weighted by molar-refractivity contribution is -0.140. The lowest BCUT2D eigenvalue weighted by Gasteiger charge is -2.25. The van der Waals surface area contributed by atoms with Gasteiger partial charge in [-0.2, -0.15) is 0 Å². The number of Topliss-reactive ketones (excluding diaryl/α,β-unsaturated/α-hetero) is 1. The fourth-order valence-electron chi connectivity index (χ4n) is 3.91. The maximum absolute atomic E-state index is 13.2. The zero-order chi connectivity index (χ0) is 24.1. The number of aliphatic hydroxyl groups is 1. The Bertz CT molecular complexity index is 1240. The van der Waals surface area contributed by atoms with E-state index in [9.17, 15) is 14.7 Å². The molecular formula is C27H24N2O5. The summed E-state index contributed by atoms with van der Waals surface area (Å²) in [5.41, 5.74) is 1.82. The monoisotopic (exact) mass is 456 g/mol. The summed E-state index contributed by atoms with van der Waals surface area (Å²) in [6, 6.07) is 16.6. The molecule has 1 aliphatic rings. The third-order valence-electron chi connectivity index (χ3n) is 5.52. The molecule has 1 fully saturated rings. The molecule has 7 nitrogen and oxygen atoms in total. The summed E-state index contributed by atoms with van der Waals surface area (Å²) in [7, 11) is 1.54. The van der Waals surface area contributed by atoms with E-state index in [4.69, 9.17) is 9.47 Å². The minimum absolute atomic E-state index is 0.0138. The molecule has 2 heterocycles. The van der Waals surface area contributed by atoms with E-state index in [1.807, 2.05) is 6.07 Å². The third kappa shape index (κ3) is 4.54. The van der Waals surface area contributed by atoms with Gasteiger partial charge in [-0.1, -0.05) is 30.9 Å². The first-order chi connectivity index (χ1) is 16.5. The molecule has 0 bridgehead atoms. The van der Waals surface area contributed by atoms with Crippen LogP contribution in [0.3, 0.4) is 0 Å². The number of likely N-dealkylation sites (tertiary alicyclic amines) is 1. The summed E-state index contributed by atoms with van der Waals surface area (Å²) >= 11 is 0. The van der Waals surface area contributed by atoms with Gasteiger partial charge in [0.1, 0.15) is 23.9 Å². The Labute approximate surface area is 197 Å². The summed E-state index contributed by atoms with van der Waals surface area (Å²) in [6.45, 7) is 4.12. The van der Waals surface area contributed by atoms with E-state index in [-0.39, 0.29) is 17.9 Å². The van der Waals surface area contributed by atoms with Gasteiger partial charge in [0.2, 0.25) is 0 Å². The molecule has 1 aliphatic heterocycles. The zero-order valence-electron chi connectivity index (χ0n) is 18.7. The molecule has 0 aliphatic carbocycles. The number of ether oxygens (including phenoxy) is 2. The quantitative estimate of drug-likeness (QED) is 0.236. The van der Waals surface area contributed by atoms with Crippen LogP contribution >= 0.6 is 0 Å². The van der Waals surface area contributed by atoms with Gasteiger partial charge in [-0.15, -0.1) is 0 Å². The maximum Gasteiger partial charge on any atom is 0.295 e. The Morgan fingerprint density at radius 2 is 1.91 bits per heavy atom. The van der Waals surface area contributed by atoms with Gasteiger partial charge in [0.15, 0.2) is 0 Å². The summed E-state index contributed by atoms with van der Waals surface area (Å²) < 4.78 is 10.8. The lowest BCUT2D eigenvalue weighted by Crippen LogP contribution is -2.29. The van der Waals surface area contributed by atoms with Crippen molar-refractivity contribution in [2.75, 3.05) is 13.7 Å². The largest absolute Gasteiger partial charge is 0.507 e. The number of amides is 1. The van der Waals surface area contributed by atoms with Crippen molar-refractivity contribution in [2.24, 2.45) is 0 Å². The highest BCUT2D eigenvalue weighted by Gasteiger charge is 2.46. The van der Waals surface area contributed by atoms with Crippen molar-refractivity contribution in [3.63, 3.8) is 0 Å². The second-order valence-corrected chi connectivity index (χ2v) is 7.69. The summed E-state index contributed by atoms with van der Waals surface area (Å²) in [6.07, 6.45) is 4.91. The average Bonchev–Trinajstić information content (AvgIpc) is 3.13. The van der Waals surface area contributed by atoms with Crippen molar-refractivity contribution in [2.45, 2.75) is 12.6 Å². The molecule has 1 aromatic heterocycles. The molecular weight excluding hydrogens is 432 g/mol. The number of aromatic nitrogens is 1. The maximum atomic E-state index is 13.2. The zero-order valence-corrected chi connectivity index (χ0v) is 18.7. The third-order valence-corrected chi connectivity index (χ3v) is 5.52. The first-order valence-corrected chi connectivity index (χ1v) is 10.7.